The normalized spacial score (nSPS) is 18.7. The summed E-state index contributed by atoms with van der Waals surface area (Å²) in [5, 5.41) is 0. The minimum atomic E-state index is -3.53. The zero-order valence-electron chi connectivity index (χ0n) is 15.2. The summed E-state index contributed by atoms with van der Waals surface area (Å²) in [6, 6.07) is 3.16. The number of nitrogens with zero attached hydrogens (tertiary/aromatic N) is 5. The second kappa shape index (κ2) is 7.16. The molecule has 1 atom stereocenters. The Labute approximate surface area is 153 Å². The van der Waals surface area contributed by atoms with E-state index in [4.69, 9.17) is 0 Å². The van der Waals surface area contributed by atoms with Gasteiger partial charge in [0.25, 0.3) is 5.91 Å². The van der Waals surface area contributed by atoms with Crippen molar-refractivity contribution in [3.63, 3.8) is 0 Å². The molecule has 140 valence electrons. The van der Waals surface area contributed by atoms with Crippen LogP contribution in [0.1, 0.15) is 30.3 Å². The summed E-state index contributed by atoms with van der Waals surface area (Å²) >= 11 is 0. The molecule has 1 aliphatic heterocycles. The summed E-state index contributed by atoms with van der Waals surface area (Å²) in [4.78, 5) is 21.9. The van der Waals surface area contributed by atoms with Crippen molar-refractivity contribution < 1.29 is 13.2 Å². The summed E-state index contributed by atoms with van der Waals surface area (Å²) in [6.07, 6.45) is 6.35. The van der Waals surface area contributed by atoms with E-state index in [2.05, 4.69) is 16.9 Å². The Kier molecular flexibility index (Phi) is 5.10. The van der Waals surface area contributed by atoms with E-state index >= 15 is 0 Å². The fourth-order valence-electron chi connectivity index (χ4n) is 2.98. The van der Waals surface area contributed by atoms with Gasteiger partial charge in [-0.1, -0.05) is 6.92 Å². The van der Waals surface area contributed by atoms with E-state index in [0.717, 1.165) is 12.8 Å². The first kappa shape index (κ1) is 18.5. The molecule has 1 saturated heterocycles. The van der Waals surface area contributed by atoms with Crippen LogP contribution in [0.15, 0.2) is 35.7 Å². The van der Waals surface area contributed by atoms with E-state index in [1.165, 1.54) is 21.7 Å². The third kappa shape index (κ3) is 3.63. The van der Waals surface area contributed by atoms with E-state index < -0.39 is 10.0 Å². The highest BCUT2D eigenvalue weighted by atomic mass is 32.2. The fourth-order valence-corrected chi connectivity index (χ4v) is 4.52. The summed E-state index contributed by atoms with van der Waals surface area (Å²) in [5.41, 5.74) is 0.302. The molecular formula is C17H23N5O3S. The van der Waals surface area contributed by atoms with Crippen LogP contribution in [-0.4, -0.2) is 65.3 Å². The number of sulfonamides is 1. The average Bonchev–Trinajstić information content (AvgIpc) is 3.11. The highest BCUT2D eigenvalue weighted by molar-refractivity contribution is 7.89. The molecule has 0 spiro atoms. The predicted octanol–water partition coefficient (Wildman–Crippen LogP) is 1.39. The summed E-state index contributed by atoms with van der Waals surface area (Å²) < 4.78 is 28.7. The van der Waals surface area contributed by atoms with Gasteiger partial charge in [-0.15, -0.1) is 0 Å². The van der Waals surface area contributed by atoms with Crippen LogP contribution in [0.2, 0.25) is 0 Å². The van der Waals surface area contributed by atoms with Gasteiger partial charge in [-0.3, -0.25) is 9.36 Å². The number of hydrogen-bond acceptors (Lipinski definition) is 5. The van der Waals surface area contributed by atoms with Gasteiger partial charge in [0.1, 0.15) is 22.7 Å². The molecular weight excluding hydrogens is 354 g/mol. The molecule has 1 amide bonds. The van der Waals surface area contributed by atoms with E-state index in [-0.39, 0.29) is 10.8 Å². The number of imidazole rings is 1. The Hall–Kier alpha value is -2.26. The highest BCUT2D eigenvalue weighted by Gasteiger charge is 2.28. The molecule has 0 aromatic carbocycles. The van der Waals surface area contributed by atoms with Gasteiger partial charge >= 0.3 is 0 Å². The van der Waals surface area contributed by atoms with Crippen LogP contribution in [0.3, 0.4) is 0 Å². The van der Waals surface area contributed by atoms with Crippen LogP contribution in [0.25, 0.3) is 5.82 Å². The van der Waals surface area contributed by atoms with Crippen molar-refractivity contribution in [2.24, 2.45) is 5.92 Å². The van der Waals surface area contributed by atoms with Gasteiger partial charge in [0, 0.05) is 39.6 Å². The van der Waals surface area contributed by atoms with E-state index in [1.54, 1.807) is 37.0 Å². The topological polar surface area (TPSA) is 88.4 Å². The Morgan fingerprint density at radius 2 is 2.04 bits per heavy atom. The number of pyridine rings is 1. The molecule has 3 rings (SSSR count). The minimum Gasteiger partial charge on any atom is -0.343 e. The van der Waals surface area contributed by atoms with Crippen molar-refractivity contribution >= 4 is 15.9 Å². The summed E-state index contributed by atoms with van der Waals surface area (Å²) in [5.74, 6) is 0.660. The van der Waals surface area contributed by atoms with Crippen molar-refractivity contribution in [3.05, 3.63) is 36.5 Å². The van der Waals surface area contributed by atoms with Gasteiger partial charge in [-0.25, -0.2) is 18.4 Å². The van der Waals surface area contributed by atoms with Crippen molar-refractivity contribution in [3.8, 4) is 5.82 Å². The van der Waals surface area contributed by atoms with Crippen LogP contribution in [-0.2, 0) is 10.0 Å². The van der Waals surface area contributed by atoms with E-state index in [9.17, 15) is 13.2 Å². The molecule has 3 heterocycles. The zero-order valence-corrected chi connectivity index (χ0v) is 16.0. The van der Waals surface area contributed by atoms with Crippen LogP contribution in [0.4, 0.5) is 0 Å². The highest BCUT2D eigenvalue weighted by Crippen LogP contribution is 2.23. The number of carbonyl (C=O) groups excluding carboxylic acids is 1. The van der Waals surface area contributed by atoms with Crippen molar-refractivity contribution in [2.75, 3.05) is 27.2 Å². The van der Waals surface area contributed by atoms with Crippen molar-refractivity contribution in [2.45, 2.75) is 24.7 Å². The van der Waals surface area contributed by atoms with Gasteiger partial charge in [0.15, 0.2) is 0 Å². The maximum atomic E-state index is 12.8. The third-order valence-electron chi connectivity index (χ3n) is 4.45. The lowest BCUT2D eigenvalue weighted by molar-refractivity contribution is 0.0822. The Morgan fingerprint density at radius 3 is 2.65 bits per heavy atom. The van der Waals surface area contributed by atoms with Crippen molar-refractivity contribution in [1.29, 1.82) is 0 Å². The predicted molar refractivity (Wildman–Crippen MR) is 96.5 cm³/mol. The van der Waals surface area contributed by atoms with Crippen LogP contribution < -0.4 is 0 Å². The molecule has 0 unspecified atom stereocenters. The molecule has 0 N–H and O–H groups in total. The zero-order chi connectivity index (χ0) is 18.9. The smallest absolute Gasteiger partial charge is 0.273 e. The fraction of sp³-hybridized carbons (Fsp3) is 0.471. The lowest BCUT2D eigenvalue weighted by Crippen LogP contribution is -2.39. The summed E-state index contributed by atoms with van der Waals surface area (Å²) in [6.45, 7) is 3.16. The van der Waals surface area contributed by atoms with Crippen LogP contribution >= 0.6 is 0 Å². The second-order valence-corrected chi connectivity index (χ2v) is 8.77. The number of amides is 1. The molecule has 8 nitrogen and oxygen atoms in total. The number of piperidine rings is 1. The molecule has 26 heavy (non-hydrogen) atoms. The number of hydrogen-bond donors (Lipinski definition) is 0. The van der Waals surface area contributed by atoms with Gasteiger partial charge in [0.2, 0.25) is 10.0 Å². The Balaban J connectivity index is 1.81. The molecule has 1 fully saturated rings. The molecule has 9 heteroatoms. The molecule has 2 aromatic rings. The second-order valence-electron chi connectivity index (χ2n) is 6.83. The largest absolute Gasteiger partial charge is 0.343 e. The summed E-state index contributed by atoms with van der Waals surface area (Å²) in [7, 11) is -0.221. The lowest BCUT2D eigenvalue weighted by Gasteiger charge is -2.29. The molecule has 0 aliphatic carbocycles. The molecule has 2 aromatic heterocycles. The van der Waals surface area contributed by atoms with Crippen molar-refractivity contribution in [1.82, 2.24) is 23.7 Å². The first-order chi connectivity index (χ1) is 12.3. The first-order valence-electron chi connectivity index (χ1n) is 8.51. The van der Waals surface area contributed by atoms with E-state index in [0.29, 0.717) is 30.5 Å². The SMILES string of the molecule is C[C@@H]1CCCN(S(=O)(=O)c2ccc(-n3cnc(C(=O)N(C)C)c3)nc2)C1. The first-order valence-corrected chi connectivity index (χ1v) is 9.95. The van der Waals surface area contributed by atoms with Gasteiger partial charge in [0.05, 0.1) is 0 Å². The van der Waals surface area contributed by atoms with Gasteiger partial charge in [-0.2, -0.15) is 4.31 Å². The third-order valence-corrected chi connectivity index (χ3v) is 6.30. The monoisotopic (exact) mass is 377 g/mol. The van der Waals surface area contributed by atoms with Gasteiger partial charge < -0.3 is 4.90 Å². The van der Waals surface area contributed by atoms with Gasteiger partial charge in [-0.05, 0) is 30.9 Å². The Bertz CT molecular complexity index is 889. The van der Waals surface area contributed by atoms with E-state index in [1.807, 2.05) is 0 Å². The minimum absolute atomic E-state index is 0.181. The number of aromatic nitrogens is 3. The molecule has 0 radical (unpaired) electrons. The quantitative estimate of drug-likeness (QED) is 0.803. The number of rotatable bonds is 4. The molecule has 0 saturated carbocycles. The standard InChI is InChI=1S/C17H23N5O3S/c1-13-5-4-8-22(10-13)26(24,25)14-6-7-16(18-9-14)21-11-15(19-12-21)17(23)20(2)3/h6-7,9,11-13H,4-5,8,10H2,1-3H3/t13-/m1/s1. The molecule has 1 aliphatic rings. The van der Waals surface area contributed by atoms with Crippen LogP contribution in [0, 0.1) is 5.92 Å². The average molecular weight is 377 g/mol. The maximum Gasteiger partial charge on any atom is 0.273 e. The lowest BCUT2D eigenvalue weighted by atomic mass is 10.0. The number of carbonyl (C=O) groups is 1. The molecule has 0 bridgehead atoms. The maximum absolute atomic E-state index is 12.8. The van der Waals surface area contributed by atoms with Crippen LogP contribution in [0.5, 0.6) is 0 Å². The Morgan fingerprint density at radius 1 is 1.27 bits per heavy atom.